The van der Waals surface area contributed by atoms with Crippen molar-refractivity contribution >= 4 is 24.5 Å². The van der Waals surface area contributed by atoms with E-state index < -0.39 is 7.12 Å². The highest BCUT2D eigenvalue weighted by atomic mass is 32.2. The van der Waals surface area contributed by atoms with E-state index in [9.17, 15) is 10.0 Å². The van der Waals surface area contributed by atoms with E-state index >= 15 is 0 Å². The van der Waals surface area contributed by atoms with Gasteiger partial charge in [0.15, 0.2) is 0 Å². The summed E-state index contributed by atoms with van der Waals surface area (Å²) >= 11 is 1.56. The topological polar surface area (TPSA) is 43.7 Å². The highest BCUT2D eigenvalue weighted by Gasteiger charge is 2.16. The lowest BCUT2D eigenvalue weighted by molar-refractivity contribution is 0.424. The van der Waals surface area contributed by atoms with E-state index in [0.717, 1.165) is 18.0 Å². The highest BCUT2D eigenvalue weighted by molar-refractivity contribution is 7.97. The Labute approximate surface area is 109 Å². The largest absolute Gasteiger partial charge is 0.489 e. The van der Waals surface area contributed by atoms with Crippen LogP contribution in [-0.4, -0.2) is 34.6 Å². The third-order valence-electron chi connectivity index (χ3n) is 2.13. The van der Waals surface area contributed by atoms with Crippen molar-refractivity contribution in [3.63, 3.8) is 0 Å². The third-order valence-corrected chi connectivity index (χ3v) is 3.47. The third kappa shape index (κ3) is 5.59. The highest BCUT2D eigenvalue weighted by Crippen LogP contribution is 2.20. The summed E-state index contributed by atoms with van der Waals surface area (Å²) in [6.07, 6.45) is 0. The molecule has 96 valence electrons. The Balaban J connectivity index is 0.00000121. The molecule has 0 atom stereocenters. The van der Waals surface area contributed by atoms with Gasteiger partial charge in [-0.3, -0.25) is 0 Å². The zero-order valence-corrected chi connectivity index (χ0v) is 11.9. The summed E-state index contributed by atoms with van der Waals surface area (Å²) < 4.78 is 2.15. The Bertz CT molecular complexity index is 306. The predicted molar refractivity (Wildman–Crippen MR) is 76.4 cm³/mol. The van der Waals surface area contributed by atoms with Crippen LogP contribution in [0.1, 0.15) is 27.7 Å². The van der Waals surface area contributed by atoms with Gasteiger partial charge < -0.3 is 10.0 Å². The normalized spacial score (nSPS) is 9.82. The van der Waals surface area contributed by atoms with Crippen molar-refractivity contribution in [1.82, 2.24) is 4.31 Å². The van der Waals surface area contributed by atoms with Gasteiger partial charge >= 0.3 is 7.12 Å². The number of rotatable bonds is 5. The number of hydrogen-bond acceptors (Lipinski definition) is 4. The van der Waals surface area contributed by atoms with Gasteiger partial charge in [0.1, 0.15) is 0 Å². The average Bonchev–Trinajstić information content (AvgIpc) is 2.38. The smallest absolute Gasteiger partial charge is 0.423 e. The molecule has 2 N–H and O–H groups in total. The summed E-state index contributed by atoms with van der Waals surface area (Å²) in [5.41, 5.74) is 0.564. The van der Waals surface area contributed by atoms with Crippen LogP contribution in [0.2, 0.25) is 0 Å². The van der Waals surface area contributed by atoms with Crippen LogP contribution in [0.3, 0.4) is 0 Å². The fourth-order valence-electron chi connectivity index (χ4n) is 1.27. The summed E-state index contributed by atoms with van der Waals surface area (Å²) in [5, 5.41) is 18.4. The molecule has 0 bridgehead atoms. The van der Waals surface area contributed by atoms with E-state index in [4.69, 9.17) is 0 Å². The van der Waals surface area contributed by atoms with Crippen LogP contribution in [0.25, 0.3) is 0 Å². The molecule has 0 aromatic heterocycles. The molecule has 1 rings (SSSR count). The van der Waals surface area contributed by atoms with Gasteiger partial charge in [0.05, 0.1) is 0 Å². The summed E-state index contributed by atoms with van der Waals surface area (Å²) in [6, 6.07) is 7.34. The van der Waals surface area contributed by atoms with Crippen molar-refractivity contribution in [3.8, 4) is 0 Å². The van der Waals surface area contributed by atoms with Crippen molar-refractivity contribution in [2.45, 2.75) is 32.6 Å². The molecule has 0 amide bonds. The molecule has 0 fully saturated rings. The first-order chi connectivity index (χ1) is 8.19. The van der Waals surface area contributed by atoms with E-state index in [1.807, 2.05) is 26.0 Å². The molecule has 0 aliphatic carbocycles. The van der Waals surface area contributed by atoms with E-state index in [0.29, 0.717) is 5.46 Å². The number of hydrogen-bond donors (Lipinski definition) is 2. The summed E-state index contributed by atoms with van der Waals surface area (Å²) in [6.45, 7) is 10.0. The molecule has 0 saturated carbocycles. The van der Waals surface area contributed by atoms with Gasteiger partial charge in [-0.2, -0.15) is 0 Å². The van der Waals surface area contributed by atoms with Gasteiger partial charge in [-0.25, -0.2) is 4.31 Å². The molecule has 17 heavy (non-hydrogen) atoms. The fourth-order valence-corrected chi connectivity index (χ4v) is 2.22. The first kappa shape index (κ1) is 16.5. The van der Waals surface area contributed by atoms with Gasteiger partial charge in [-0.15, -0.1) is 0 Å². The quantitative estimate of drug-likeness (QED) is 0.621. The van der Waals surface area contributed by atoms with Crippen molar-refractivity contribution in [1.29, 1.82) is 0 Å². The maximum atomic E-state index is 9.19. The van der Waals surface area contributed by atoms with Crippen LogP contribution < -0.4 is 5.46 Å². The SMILES string of the molecule is CC.CCN(CC)Sc1ccccc1B(O)O. The first-order valence-electron chi connectivity index (χ1n) is 6.07. The molecule has 0 heterocycles. The summed E-state index contributed by atoms with van der Waals surface area (Å²) in [5.74, 6) is 0. The van der Waals surface area contributed by atoms with Crippen molar-refractivity contribution in [3.05, 3.63) is 24.3 Å². The van der Waals surface area contributed by atoms with Gasteiger partial charge in [0, 0.05) is 18.0 Å². The van der Waals surface area contributed by atoms with E-state index in [-0.39, 0.29) is 0 Å². The second kappa shape index (κ2) is 9.54. The standard InChI is InChI=1S/C10H16BNO2S.C2H6/c1-3-12(4-2)15-10-8-6-5-7-9(10)11(13)14;1-2/h5-8,13-14H,3-4H2,1-2H3;1-2H3. The second-order valence-corrected chi connectivity index (χ2v) is 4.26. The molecule has 0 spiro atoms. The summed E-state index contributed by atoms with van der Waals surface area (Å²) in [4.78, 5) is 0.899. The molecule has 0 aliphatic rings. The minimum atomic E-state index is -1.40. The lowest BCUT2D eigenvalue weighted by Crippen LogP contribution is -2.32. The molecule has 0 unspecified atom stereocenters. The van der Waals surface area contributed by atoms with Crippen LogP contribution in [0.4, 0.5) is 0 Å². The maximum Gasteiger partial charge on any atom is 0.489 e. The maximum absolute atomic E-state index is 9.19. The Hall–Kier alpha value is -0.485. The van der Waals surface area contributed by atoms with Crippen LogP contribution in [0, 0.1) is 0 Å². The lowest BCUT2D eigenvalue weighted by Gasteiger charge is -2.18. The minimum Gasteiger partial charge on any atom is -0.423 e. The zero-order chi connectivity index (χ0) is 13.3. The molecular formula is C12H22BNO2S. The van der Waals surface area contributed by atoms with Crippen LogP contribution in [0.15, 0.2) is 29.2 Å². The van der Waals surface area contributed by atoms with Crippen molar-refractivity contribution in [2.75, 3.05) is 13.1 Å². The molecule has 0 saturated heterocycles. The van der Waals surface area contributed by atoms with Crippen LogP contribution in [-0.2, 0) is 0 Å². The number of benzene rings is 1. The van der Waals surface area contributed by atoms with E-state index in [1.165, 1.54) is 0 Å². The Morgan fingerprint density at radius 3 is 2.12 bits per heavy atom. The van der Waals surface area contributed by atoms with Gasteiger partial charge in [0.25, 0.3) is 0 Å². The monoisotopic (exact) mass is 255 g/mol. The Kier molecular flexibility index (Phi) is 9.26. The van der Waals surface area contributed by atoms with Gasteiger partial charge in [0.2, 0.25) is 0 Å². The second-order valence-electron chi connectivity index (χ2n) is 3.12. The van der Waals surface area contributed by atoms with Crippen LogP contribution >= 0.6 is 11.9 Å². The molecule has 0 radical (unpaired) electrons. The molecule has 0 aliphatic heterocycles. The first-order valence-corrected chi connectivity index (χ1v) is 6.84. The average molecular weight is 255 g/mol. The molecule has 5 heteroatoms. The predicted octanol–water partition coefficient (Wildman–Crippen LogP) is 1.74. The van der Waals surface area contributed by atoms with Crippen molar-refractivity contribution < 1.29 is 10.0 Å². The van der Waals surface area contributed by atoms with E-state index in [2.05, 4.69) is 18.2 Å². The molecule has 3 nitrogen and oxygen atoms in total. The fraction of sp³-hybridized carbons (Fsp3) is 0.500. The Morgan fingerprint density at radius 2 is 1.65 bits per heavy atom. The van der Waals surface area contributed by atoms with Gasteiger partial charge in [-0.1, -0.05) is 45.9 Å². The van der Waals surface area contributed by atoms with Gasteiger partial charge in [-0.05, 0) is 23.5 Å². The minimum absolute atomic E-state index is 0.564. The Morgan fingerprint density at radius 1 is 1.12 bits per heavy atom. The number of nitrogens with zero attached hydrogens (tertiary/aromatic N) is 1. The van der Waals surface area contributed by atoms with E-state index in [1.54, 1.807) is 24.1 Å². The molecule has 1 aromatic carbocycles. The molecule has 1 aromatic rings. The lowest BCUT2D eigenvalue weighted by atomic mass is 9.80. The summed E-state index contributed by atoms with van der Waals surface area (Å²) in [7, 11) is -1.40. The molecular weight excluding hydrogens is 233 g/mol. The zero-order valence-electron chi connectivity index (χ0n) is 11.1. The van der Waals surface area contributed by atoms with Crippen molar-refractivity contribution in [2.24, 2.45) is 0 Å². The van der Waals surface area contributed by atoms with Crippen LogP contribution in [0.5, 0.6) is 0 Å².